The van der Waals surface area contributed by atoms with Crippen LogP contribution in [0.4, 0.5) is 4.39 Å². The van der Waals surface area contributed by atoms with Crippen molar-refractivity contribution in [1.29, 1.82) is 0 Å². The lowest BCUT2D eigenvalue weighted by molar-refractivity contribution is -0.136. The lowest BCUT2D eigenvalue weighted by atomic mass is 10.0. The van der Waals surface area contributed by atoms with E-state index in [-0.39, 0.29) is 43.2 Å². The summed E-state index contributed by atoms with van der Waals surface area (Å²) in [5.74, 6) is -0.933. The quantitative estimate of drug-likeness (QED) is 0.601. The van der Waals surface area contributed by atoms with E-state index in [1.807, 2.05) is 31.2 Å². The molecule has 1 saturated heterocycles. The number of hydrogen-bond donors (Lipinski definition) is 1. The number of fused-ring (bicyclic) bond motifs is 1. The Morgan fingerprint density at radius 3 is 2.76 bits per heavy atom. The van der Waals surface area contributed by atoms with Crippen molar-refractivity contribution in [1.82, 2.24) is 15.2 Å². The van der Waals surface area contributed by atoms with Crippen molar-refractivity contribution in [2.24, 2.45) is 0 Å². The van der Waals surface area contributed by atoms with Gasteiger partial charge in [0.05, 0.1) is 18.3 Å². The molecule has 168 valence electrons. The number of benzene rings is 2. The number of halogens is 1. The van der Waals surface area contributed by atoms with Crippen LogP contribution in [0.3, 0.4) is 0 Å². The number of carbonyl (C=O) groups is 3. The molecule has 0 bridgehead atoms. The van der Waals surface area contributed by atoms with Crippen LogP contribution in [0.5, 0.6) is 5.75 Å². The predicted octanol–water partition coefficient (Wildman–Crippen LogP) is 3.13. The average molecular weight is 449 g/mol. The molecular weight excluding hydrogens is 429 g/mol. The van der Waals surface area contributed by atoms with E-state index in [1.54, 1.807) is 6.20 Å². The fourth-order valence-electron chi connectivity index (χ4n) is 4.09. The average Bonchev–Trinajstić information content (AvgIpc) is 3.38. The maximum atomic E-state index is 14.3. The van der Waals surface area contributed by atoms with Gasteiger partial charge in [0.25, 0.3) is 5.91 Å². The molecule has 8 nitrogen and oxygen atoms in total. The molecule has 33 heavy (non-hydrogen) atoms. The zero-order valence-corrected chi connectivity index (χ0v) is 17.8. The highest BCUT2D eigenvalue weighted by Gasteiger charge is 2.40. The number of piperidine rings is 1. The first-order valence-electron chi connectivity index (χ1n) is 10.5. The van der Waals surface area contributed by atoms with E-state index < -0.39 is 23.7 Å². The highest BCUT2D eigenvalue weighted by molar-refractivity contribution is 6.05. The van der Waals surface area contributed by atoms with Gasteiger partial charge >= 0.3 is 0 Å². The Morgan fingerprint density at radius 1 is 1.21 bits per heavy atom. The fraction of sp³-hybridized carbons (Fsp3) is 0.250. The van der Waals surface area contributed by atoms with E-state index in [9.17, 15) is 18.8 Å². The third kappa shape index (κ3) is 3.97. The van der Waals surface area contributed by atoms with Gasteiger partial charge in [0.1, 0.15) is 17.6 Å². The van der Waals surface area contributed by atoms with Crippen LogP contribution in [0.25, 0.3) is 11.3 Å². The molecule has 9 heteroatoms. The molecule has 5 rings (SSSR count). The molecule has 0 saturated carbocycles. The standard InChI is InChI=1S/C24H20FN3O5/c1-13-2-4-14(5-3-13)20-10-26-22(33-20)12-32-19-9-15(25)8-16-17(19)11-28(24(16)31)18-6-7-21(29)27-23(18)30/h2-5,8-10,18H,6-7,11-12H2,1H3,(H,27,29,30). The molecule has 3 heterocycles. The first-order chi connectivity index (χ1) is 15.9. The molecule has 0 spiro atoms. The molecule has 2 aromatic carbocycles. The Labute approximate surface area is 188 Å². The number of imide groups is 1. The van der Waals surface area contributed by atoms with Gasteiger partial charge in [-0.2, -0.15) is 0 Å². The number of aryl methyl sites for hydroxylation is 1. The van der Waals surface area contributed by atoms with Crippen molar-refractivity contribution >= 4 is 17.7 Å². The predicted molar refractivity (Wildman–Crippen MR) is 113 cm³/mol. The molecule has 0 radical (unpaired) electrons. The molecule has 1 N–H and O–H groups in total. The maximum Gasteiger partial charge on any atom is 0.255 e. The summed E-state index contributed by atoms with van der Waals surface area (Å²) >= 11 is 0. The summed E-state index contributed by atoms with van der Waals surface area (Å²) in [6.07, 6.45) is 1.95. The number of aromatic nitrogens is 1. The number of amides is 3. The maximum absolute atomic E-state index is 14.3. The second kappa shape index (κ2) is 8.16. The Morgan fingerprint density at radius 2 is 2.00 bits per heavy atom. The zero-order chi connectivity index (χ0) is 23.1. The minimum absolute atomic E-state index is 0.0611. The van der Waals surface area contributed by atoms with Crippen molar-refractivity contribution in [3.63, 3.8) is 0 Å². The number of oxazole rings is 1. The van der Waals surface area contributed by atoms with Crippen LogP contribution < -0.4 is 10.1 Å². The van der Waals surface area contributed by atoms with Gasteiger partial charge in [-0.15, -0.1) is 0 Å². The molecule has 2 aliphatic heterocycles. The Kier molecular flexibility index (Phi) is 5.16. The molecule has 3 aromatic rings. The second-order valence-corrected chi connectivity index (χ2v) is 8.10. The first-order valence-corrected chi connectivity index (χ1v) is 10.5. The van der Waals surface area contributed by atoms with Gasteiger partial charge in [-0.05, 0) is 19.4 Å². The largest absolute Gasteiger partial charge is 0.483 e. The molecule has 3 amide bonds. The lowest BCUT2D eigenvalue weighted by Gasteiger charge is -2.29. The Bertz CT molecular complexity index is 1270. The van der Waals surface area contributed by atoms with Crippen LogP contribution in [0.2, 0.25) is 0 Å². The third-order valence-corrected chi connectivity index (χ3v) is 5.82. The smallest absolute Gasteiger partial charge is 0.255 e. The minimum atomic E-state index is -0.790. The third-order valence-electron chi connectivity index (χ3n) is 5.82. The van der Waals surface area contributed by atoms with Gasteiger partial charge in [-0.3, -0.25) is 19.7 Å². The van der Waals surface area contributed by atoms with Gasteiger partial charge < -0.3 is 14.1 Å². The van der Waals surface area contributed by atoms with Crippen molar-refractivity contribution in [2.75, 3.05) is 0 Å². The van der Waals surface area contributed by atoms with Gasteiger partial charge in [-0.1, -0.05) is 29.8 Å². The molecule has 1 fully saturated rings. The summed E-state index contributed by atoms with van der Waals surface area (Å²) < 4.78 is 25.8. The number of nitrogens with one attached hydrogen (secondary N) is 1. The second-order valence-electron chi connectivity index (χ2n) is 8.10. The molecule has 1 unspecified atom stereocenters. The summed E-state index contributed by atoms with van der Waals surface area (Å²) in [5.41, 5.74) is 2.62. The van der Waals surface area contributed by atoms with Crippen LogP contribution in [0, 0.1) is 12.7 Å². The van der Waals surface area contributed by atoms with Crippen molar-refractivity contribution in [3.05, 3.63) is 71.0 Å². The summed E-state index contributed by atoms with van der Waals surface area (Å²) in [6, 6.07) is 9.33. The van der Waals surface area contributed by atoms with E-state index in [2.05, 4.69) is 10.3 Å². The van der Waals surface area contributed by atoms with Crippen LogP contribution in [-0.4, -0.2) is 33.6 Å². The molecule has 2 aliphatic rings. The fourth-order valence-corrected chi connectivity index (χ4v) is 4.09. The zero-order valence-electron chi connectivity index (χ0n) is 17.8. The van der Waals surface area contributed by atoms with Gasteiger partial charge in [0.15, 0.2) is 12.4 Å². The molecule has 0 aliphatic carbocycles. The Hall–Kier alpha value is -4.01. The van der Waals surface area contributed by atoms with E-state index in [1.165, 1.54) is 11.0 Å². The molecule has 1 atom stereocenters. The summed E-state index contributed by atoms with van der Waals surface area (Å²) in [4.78, 5) is 42.1. The summed E-state index contributed by atoms with van der Waals surface area (Å²) in [6.45, 7) is 2.01. The summed E-state index contributed by atoms with van der Waals surface area (Å²) in [5, 5.41) is 2.25. The number of ether oxygens (including phenoxy) is 1. The van der Waals surface area contributed by atoms with Crippen LogP contribution >= 0.6 is 0 Å². The van der Waals surface area contributed by atoms with E-state index in [0.717, 1.165) is 17.2 Å². The van der Waals surface area contributed by atoms with Crippen LogP contribution in [0.15, 0.2) is 47.0 Å². The highest BCUT2D eigenvalue weighted by atomic mass is 19.1. The van der Waals surface area contributed by atoms with Gasteiger partial charge in [0.2, 0.25) is 17.7 Å². The van der Waals surface area contributed by atoms with Crippen molar-refractivity contribution < 1.29 is 27.9 Å². The van der Waals surface area contributed by atoms with E-state index >= 15 is 0 Å². The monoisotopic (exact) mass is 449 g/mol. The number of hydrogen-bond acceptors (Lipinski definition) is 6. The normalized spacial score (nSPS) is 17.8. The van der Waals surface area contributed by atoms with E-state index in [4.69, 9.17) is 9.15 Å². The highest BCUT2D eigenvalue weighted by Crippen LogP contribution is 2.35. The number of rotatable bonds is 5. The van der Waals surface area contributed by atoms with Crippen molar-refractivity contribution in [2.45, 2.75) is 39.0 Å². The summed E-state index contributed by atoms with van der Waals surface area (Å²) in [7, 11) is 0. The van der Waals surface area contributed by atoms with Gasteiger partial charge in [-0.25, -0.2) is 9.37 Å². The van der Waals surface area contributed by atoms with E-state index in [0.29, 0.717) is 17.2 Å². The van der Waals surface area contributed by atoms with Crippen molar-refractivity contribution in [3.8, 4) is 17.1 Å². The Balaban J connectivity index is 1.34. The minimum Gasteiger partial charge on any atom is -0.483 e. The topological polar surface area (TPSA) is 102 Å². The van der Waals surface area contributed by atoms with Gasteiger partial charge in [0, 0.05) is 23.6 Å². The number of nitrogens with zero attached hydrogens (tertiary/aromatic N) is 2. The molecule has 1 aromatic heterocycles. The lowest BCUT2D eigenvalue weighted by Crippen LogP contribution is -2.52. The SMILES string of the molecule is Cc1ccc(-c2cnc(COc3cc(F)cc4c3CN(C3CCC(=O)NC3=O)C4=O)o2)cc1. The molecular formula is C24H20FN3O5. The van der Waals surface area contributed by atoms with Crippen LogP contribution in [-0.2, 0) is 22.7 Å². The first kappa shape index (κ1) is 20.9. The number of carbonyl (C=O) groups excluding carboxylic acids is 3. The van der Waals surface area contributed by atoms with Crippen LogP contribution in [0.1, 0.15) is 40.2 Å².